The maximum Gasteiger partial charge on any atom is 0.0772 e. The van der Waals surface area contributed by atoms with E-state index in [1.807, 2.05) is 19.1 Å². The Hall–Kier alpha value is -0.930. The van der Waals surface area contributed by atoms with E-state index in [9.17, 15) is 0 Å². The van der Waals surface area contributed by atoms with Crippen LogP contribution in [0.3, 0.4) is 0 Å². The molecule has 1 saturated heterocycles. The van der Waals surface area contributed by atoms with Gasteiger partial charge in [-0.25, -0.2) is 0 Å². The van der Waals surface area contributed by atoms with Crippen molar-refractivity contribution in [3.8, 4) is 0 Å². The molecule has 1 heterocycles. The Labute approximate surface area is 114 Å². The van der Waals surface area contributed by atoms with Gasteiger partial charge in [0.2, 0.25) is 0 Å². The van der Waals surface area contributed by atoms with Gasteiger partial charge in [0.1, 0.15) is 0 Å². The molecule has 2 N–H and O–H groups in total. The molecule has 0 radical (unpaired) electrons. The maximum atomic E-state index is 6.19. The fourth-order valence-electron chi connectivity index (χ4n) is 2.66. The van der Waals surface area contributed by atoms with Crippen molar-refractivity contribution in [1.29, 1.82) is 0 Å². The number of hydrogen-bond acceptors (Lipinski definition) is 3. The van der Waals surface area contributed by atoms with Crippen molar-refractivity contribution in [2.24, 2.45) is 5.92 Å². The summed E-state index contributed by atoms with van der Waals surface area (Å²) in [5, 5.41) is 0.770. The third kappa shape index (κ3) is 2.43. The first-order valence-electron chi connectivity index (χ1n) is 6.37. The lowest BCUT2D eigenvalue weighted by Crippen LogP contribution is -2.44. The molecule has 4 heteroatoms. The highest BCUT2D eigenvalue weighted by Gasteiger charge is 2.28. The van der Waals surface area contributed by atoms with E-state index in [1.165, 1.54) is 0 Å². The van der Waals surface area contributed by atoms with Crippen LogP contribution in [0.25, 0.3) is 0 Å². The standard InChI is InChI=1S/C14H21ClN2O/c1-9-6-7-17(8-13(9)18-3)14-10(2)11(15)4-5-12(14)16/h4-5,9,13H,6-8,16H2,1-3H3. The van der Waals surface area contributed by atoms with Gasteiger partial charge in [0, 0.05) is 25.2 Å². The summed E-state index contributed by atoms with van der Waals surface area (Å²) in [6.45, 7) is 6.14. The third-order valence-corrected chi connectivity index (χ3v) is 4.31. The highest BCUT2D eigenvalue weighted by molar-refractivity contribution is 6.32. The zero-order valence-electron chi connectivity index (χ0n) is 11.2. The Morgan fingerprint density at radius 3 is 2.83 bits per heavy atom. The van der Waals surface area contributed by atoms with Gasteiger partial charge in [-0.2, -0.15) is 0 Å². The van der Waals surface area contributed by atoms with Crippen LogP contribution in [-0.2, 0) is 4.74 Å². The fourth-order valence-corrected chi connectivity index (χ4v) is 2.81. The Kier molecular flexibility index (Phi) is 4.03. The molecule has 0 spiro atoms. The first-order valence-corrected chi connectivity index (χ1v) is 6.74. The molecule has 0 bridgehead atoms. The second-order valence-corrected chi connectivity index (χ2v) is 5.50. The van der Waals surface area contributed by atoms with Crippen molar-refractivity contribution in [3.63, 3.8) is 0 Å². The molecule has 2 rings (SSSR count). The maximum absolute atomic E-state index is 6.19. The van der Waals surface area contributed by atoms with E-state index in [1.54, 1.807) is 7.11 Å². The summed E-state index contributed by atoms with van der Waals surface area (Å²) in [4.78, 5) is 2.30. The van der Waals surface area contributed by atoms with Crippen LogP contribution in [0.15, 0.2) is 12.1 Å². The molecule has 1 fully saturated rings. The number of methoxy groups -OCH3 is 1. The van der Waals surface area contributed by atoms with Crippen molar-refractivity contribution in [2.45, 2.75) is 26.4 Å². The van der Waals surface area contributed by atoms with E-state index in [-0.39, 0.29) is 6.10 Å². The summed E-state index contributed by atoms with van der Waals surface area (Å²) in [6, 6.07) is 3.74. The normalized spacial score (nSPS) is 24.3. The topological polar surface area (TPSA) is 38.5 Å². The highest BCUT2D eigenvalue weighted by atomic mass is 35.5. The van der Waals surface area contributed by atoms with Crippen molar-refractivity contribution < 1.29 is 4.74 Å². The molecule has 0 amide bonds. The monoisotopic (exact) mass is 268 g/mol. The predicted molar refractivity (Wildman–Crippen MR) is 77.4 cm³/mol. The number of piperidine rings is 1. The molecule has 1 aromatic carbocycles. The average Bonchev–Trinajstić information content (AvgIpc) is 2.36. The van der Waals surface area contributed by atoms with Crippen LogP contribution in [0.2, 0.25) is 5.02 Å². The first-order chi connectivity index (χ1) is 8.54. The van der Waals surface area contributed by atoms with Gasteiger partial charge < -0.3 is 15.4 Å². The quantitative estimate of drug-likeness (QED) is 0.838. The van der Waals surface area contributed by atoms with Gasteiger partial charge in [-0.3, -0.25) is 0 Å². The molecule has 100 valence electrons. The van der Waals surface area contributed by atoms with E-state index in [2.05, 4.69) is 11.8 Å². The molecule has 2 atom stereocenters. The van der Waals surface area contributed by atoms with E-state index in [0.717, 1.165) is 41.5 Å². The second kappa shape index (κ2) is 5.37. The van der Waals surface area contributed by atoms with Crippen molar-refractivity contribution in [1.82, 2.24) is 0 Å². The minimum atomic E-state index is 0.261. The molecule has 1 aliphatic heterocycles. The predicted octanol–water partition coefficient (Wildman–Crippen LogP) is 3.09. The van der Waals surface area contributed by atoms with E-state index in [4.69, 9.17) is 22.1 Å². The molecule has 18 heavy (non-hydrogen) atoms. The number of benzene rings is 1. The number of ether oxygens (including phenoxy) is 1. The van der Waals surface area contributed by atoms with Crippen molar-refractivity contribution in [3.05, 3.63) is 22.7 Å². The van der Waals surface area contributed by atoms with Gasteiger partial charge in [-0.05, 0) is 37.0 Å². The molecule has 1 aliphatic rings. The van der Waals surface area contributed by atoms with Crippen LogP contribution in [0.1, 0.15) is 18.9 Å². The van der Waals surface area contributed by atoms with Crippen LogP contribution in [0.5, 0.6) is 0 Å². The average molecular weight is 269 g/mol. The Balaban J connectivity index is 2.30. The summed E-state index contributed by atoms with van der Waals surface area (Å²) in [6.07, 6.45) is 1.38. The van der Waals surface area contributed by atoms with Crippen LogP contribution in [0, 0.1) is 12.8 Å². The number of nitrogens with two attached hydrogens (primary N) is 1. The van der Waals surface area contributed by atoms with Crippen LogP contribution in [0.4, 0.5) is 11.4 Å². The van der Waals surface area contributed by atoms with Gasteiger partial charge in [0.05, 0.1) is 17.5 Å². The number of halogens is 1. The number of nitrogens with zero attached hydrogens (tertiary/aromatic N) is 1. The summed E-state index contributed by atoms with van der Waals surface area (Å²) < 4.78 is 5.55. The van der Waals surface area contributed by atoms with E-state index >= 15 is 0 Å². The molecular formula is C14H21ClN2O. The molecule has 2 unspecified atom stereocenters. The Morgan fingerprint density at radius 2 is 2.17 bits per heavy atom. The van der Waals surface area contributed by atoms with Crippen molar-refractivity contribution >= 4 is 23.0 Å². The first kappa shape index (κ1) is 13.5. The summed E-state index contributed by atoms with van der Waals surface area (Å²) in [5.74, 6) is 0.590. The minimum Gasteiger partial charge on any atom is -0.397 e. The van der Waals surface area contributed by atoms with Gasteiger partial charge in [0.15, 0.2) is 0 Å². The molecule has 0 aliphatic carbocycles. The number of nitrogen functional groups attached to an aromatic ring is 1. The van der Waals surface area contributed by atoms with E-state index < -0.39 is 0 Å². The minimum absolute atomic E-state index is 0.261. The zero-order chi connectivity index (χ0) is 13.3. The SMILES string of the molecule is COC1CN(c2c(N)ccc(Cl)c2C)CCC1C. The van der Waals surface area contributed by atoms with Crippen LogP contribution >= 0.6 is 11.6 Å². The van der Waals surface area contributed by atoms with Gasteiger partial charge >= 0.3 is 0 Å². The van der Waals surface area contributed by atoms with Gasteiger partial charge in [-0.15, -0.1) is 0 Å². The zero-order valence-corrected chi connectivity index (χ0v) is 12.0. The second-order valence-electron chi connectivity index (χ2n) is 5.10. The summed E-state index contributed by atoms with van der Waals surface area (Å²) in [7, 11) is 1.78. The Morgan fingerprint density at radius 1 is 1.44 bits per heavy atom. The molecule has 1 aromatic rings. The third-order valence-electron chi connectivity index (χ3n) is 3.90. The number of anilines is 2. The lowest BCUT2D eigenvalue weighted by Gasteiger charge is -2.38. The molecule has 3 nitrogen and oxygen atoms in total. The van der Waals surface area contributed by atoms with Crippen LogP contribution in [-0.4, -0.2) is 26.3 Å². The highest BCUT2D eigenvalue weighted by Crippen LogP contribution is 2.35. The fraction of sp³-hybridized carbons (Fsp3) is 0.571. The number of hydrogen-bond donors (Lipinski definition) is 1. The molecule has 0 aromatic heterocycles. The van der Waals surface area contributed by atoms with Crippen LogP contribution < -0.4 is 10.6 Å². The number of rotatable bonds is 2. The van der Waals surface area contributed by atoms with Crippen molar-refractivity contribution in [2.75, 3.05) is 30.8 Å². The summed E-state index contributed by atoms with van der Waals surface area (Å²) in [5.41, 5.74) is 9.02. The Bertz CT molecular complexity index is 436. The van der Waals surface area contributed by atoms with Gasteiger partial charge in [0.25, 0.3) is 0 Å². The largest absolute Gasteiger partial charge is 0.397 e. The van der Waals surface area contributed by atoms with E-state index in [0.29, 0.717) is 5.92 Å². The van der Waals surface area contributed by atoms with Gasteiger partial charge in [-0.1, -0.05) is 18.5 Å². The summed E-state index contributed by atoms with van der Waals surface area (Å²) >= 11 is 6.19. The molecule has 0 saturated carbocycles. The molecular weight excluding hydrogens is 248 g/mol. The lowest BCUT2D eigenvalue weighted by molar-refractivity contribution is 0.0498. The lowest BCUT2D eigenvalue weighted by atomic mass is 9.94. The smallest absolute Gasteiger partial charge is 0.0772 e.